The molecule has 10 heteroatoms. The Bertz CT molecular complexity index is 1630. The summed E-state index contributed by atoms with van der Waals surface area (Å²) in [5.41, 5.74) is 9.66. The van der Waals surface area contributed by atoms with Crippen LogP contribution in [0.2, 0.25) is 10.0 Å². The Morgan fingerprint density at radius 1 is 1.00 bits per heavy atom. The number of ether oxygens (including phenoxy) is 2. The van der Waals surface area contributed by atoms with Gasteiger partial charge in [0.05, 0.1) is 6.54 Å². The third-order valence-corrected chi connectivity index (χ3v) is 7.28. The summed E-state index contributed by atoms with van der Waals surface area (Å²) in [6.45, 7) is 1.50. The van der Waals surface area contributed by atoms with E-state index in [-0.39, 0.29) is 6.04 Å². The van der Waals surface area contributed by atoms with Crippen molar-refractivity contribution >= 4 is 46.0 Å². The fourth-order valence-corrected chi connectivity index (χ4v) is 5.27. The number of carbonyl (C=O) groups excluding carboxylic acids is 1. The lowest BCUT2D eigenvalue weighted by Crippen LogP contribution is -2.42. The summed E-state index contributed by atoms with van der Waals surface area (Å²) in [7, 11) is 0. The highest BCUT2D eigenvalue weighted by Crippen LogP contribution is 2.40. The quantitative estimate of drug-likeness (QED) is 0.247. The van der Waals surface area contributed by atoms with Crippen LogP contribution in [-0.2, 0) is 13.0 Å². The molecule has 0 saturated carbocycles. The first kappa shape index (κ1) is 25.2. The van der Waals surface area contributed by atoms with Crippen molar-refractivity contribution < 1.29 is 14.3 Å². The maximum Gasteiger partial charge on any atom is 0.416 e. The van der Waals surface area contributed by atoms with Gasteiger partial charge in [-0.2, -0.15) is 5.10 Å². The molecule has 0 spiro atoms. The van der Waals surface area contributed by atoms with Gasteiger partial charge in [0.15, 0.2) is 0 Å². The first-order chi connectivity index (χ1) is 18.9. The molecule has 3 N–H and O–H groups in total. The van der Waals surface area contributed by atoms with Crippen LogP contribution in [0.25, 0.3) is 10.9 Å². The number of nitrogen functional groups attached to an aromatic ring is 1. The Labute approximate surface area is 234 Å². The third kappa shape index (κ3) is 5.26. The number of halogens is 2. The average molecular weight is 562 g/mol. The van der Waals surface area contributed by atoms with Crippen molar-refractivity contribution in [3.63, 3.8) is 0 Å². The molecule has 3 aromatic carbocycles. The lowest BCUT2D eigenvalue weighted by atomic mass is 9.92. The Morgan fingerprint density at radius 3 is 2.49 bits per heavy atom. The number of anilines is 1. The molecule has 1 amide bonds. The maximum atomic E-state index is 13.5. The number of nitrogens with one attached hydrogen (secondary N) is 1. The fraction of sp³-hybridized carbons (Fsp3) is 0.172. The van der Waals surface area contributed by atoms with Gasteiger partial charge < -0.3 is 20.2 Å². The van der Waals surface area contributed by atoms with Gasteiger partial charge in [0.2, 0.25) is 0 Å². The Kier molecular flexibility index (Phi) is 6.81. The smallest absolute Gasteiger partial charge is 0.416 e. The van der Waals surface area contributed by atoms with E-state index in [0.29, 0.717) is 53.5 Å². The number of H-pyrrole nitrogens is 1. The standard InChI is InChI=1S/C29H25Cl2N5O3/c30-19-3-8-22(9-4-19)39-29(37)36-14-11-23-24-17-20(31)5-10-25(24)33-27(23)28(36)18-1-6-21(7-2-18)38-16-15-35-13-12-26(32)34-35/h1-10,12-13,17,28,33H,11,14-16H2,(H2,32,34). The molecule has 1 aliphatic rings. The summed E-state index contributed by atoms with van der Waals surface area (Å²) in [4.78, 5) is 18.7. The number of hydrogen-bond acceptors (Lipinski definition) is 5. The second-order valence-corrected chi connectivity index (χ2v) is 10.2. The summed E-state index contributed by atoms with van der Waals surface area (Å²) < 4.78 is 13.4. The SMILES string of the molecule is Nc1ccn(CCOc2ccc(C3c4[nH]c5ccc(Cl)cc5c4CCN3C(=O)Oc3ccc(Cl)cc3)cc2)n1. The van der Waals surface area contributed by atoms with Crippen LogP contribution in [0.15, 0.2) is 79.0 Å². The Morgan fingerprint density at radius 2 is 1.74 bits per heavy atom. The lowest BCUT2D eigenvalue weighted by Gasteiger charge is -2.35. The van der Waals surface area contributed by atoms with Gasteiger partial charge in [-0.25, -0.2) is 4.79 Å². The molecule has 8 nitrogen and oxygen atoms in total. The molecule has 3 heterocycles. The molecule has 5 aromatic rings. The molecule has 1 aliphatic heterocycles. The topological polar surface area (TPSA) is 98.4 Å². The highest BCUT2D eigenvalue weighted by atomic mass is 35.5. The first-order valence-electron chi connectivity index (χ1n) is 12.5. The van der Waals surface area contributed by atoms with Gasteiger partial charge in [-0.3, -0.25) is 9.58 Å². The molecule has 1 unspecified atom stereocenters. The molecule has 0 fully saturated rings. The first-order valence-corrected chi connectivity index (χ1v) is 13.3. The zero-order valence-electron chi connectivity index (χ0n) is 20.8. The van der Waals surface area contributed by atoms with Gasteiger partial charge in [-0.15, -0.1) is 0 Å². The van der Waals surface area contributed by atoms with Gasteiger partial charge in [0.1, 0.15) is 30.0 Å². The van der Waals surface area contributed by atoms with Crippen molar-refractivity contribution in [2.24, 2.45) is 0 Å². The number of carbonyl (C=O) groups is 1. The molecule has 0 saturated heterocycles. The number of hydrogen-bond donors (Lipinski definition) is 2. The average Bonchev–Trinajstić information content (AvgIpc) is 3.52. The molecule has 1 atom stereocenters. The molecule has 6 rings (SSSR count). The number of aromatic amines is 1. The van der Waals surface area contributed by atoms with E-state index in [1.807, 2.05) is 48.7 Å². The molecule has 0 radical (unpaired) electrons. The van der Waals surface area contributed by atoms with Crippen LogP contribution in [0.1, 0.15) is 22.9 Å². The van der Waals surface area contributed by atoms with Crippen LogP contribution in [-0.4, -0.2) is 38.9 Å². The number of rotatable bonds is 6. The van der Waals surface area contributed by atoms with E-state index in [4.69, 9.17) is 38.4 Å². The van der Waals surface area contributed by atoms with Gasteiger partial charge in [-0.05, 0) is 78.2 Å². The molecule has 198 valence electrons. The number of aromatic nitrogens is 3. The van der Waals surface area contributed by atoms with Gasteiger partial charge in [0, 0.05) is 39.4 Å². The van der Waals surface area contributed by atoms with Crippen LogP contribution in [0, 0.1) is 0 Å². The fourth-order valence-electron chi connectivity index (χ4n) is 4.97. The van der Waals surface area contributed by atoms with E-state index in [2.05, 4.69) is 10.1 Å². The number of fused-ring (bicyclic) bond motifs is 3. The third-order valence-electron chi connectivity index (χ3n) is 6.79. The zero-order chi connectivity index (χ0) is 26.9. The van der Waals surface area contributed by atoms with Crippen LogP contribution >= 0.6 is 23.2 Å². The normalized spacial score (nSPS) is 14.8. The predicted octanol–water partition coefficient (Wildman–Crippen LogP) is 6.48. The van der Waals surface area contributed by atoms with Crippen molar-refractivity contribution in [3.05, 3.63) is 106 Å². The van der Waals surface area contributed by atoms with Crippen LogP contribution < -0.4 is 15.2 Å². The van der Waals surface area contributed by atoms with Crippen molar-refractivity contribution in [3.8, 4) is 11.5 Å². The van der Waals surface area contributed by atoms with Crippen LogP contribution in [0.3, 0.4) is 0 Å². The van der Waals surface area contributed by atoms with E-state index < -0.39 is 6.09 Å². The minimum atomic E-state index is -0.441. The van der Waals surface area contributed by atoms with Crippen molar-refractivity contribution in [2.45, 2.75) is 19.0 Å². The summed E-state index contributed by atoms with van der Waals surface area (Å²) in [5.74, 6) is 1.62. The van der Waals surface area contributed by atoms with Gasteiger partial charge in [0.25, 0.3) is 0 Å². The van der Waals surface area contributed by atoms with Crippen molar-refractivity contribution in [1.82, 2.24) is 19.7 Å². The molecule has 39 heavy (non-hydrogen) atoms. The highest BCUT2D eigenvalue weighted by molar-refractivity contribution is 6.31. The lowest BCUT2D eigenvalue weighted by molar-refractivity contribution is 0.135. The number of nitrogens with zero attached hydrogens (tertiary/aromatic N) is 3. The Hall–Kier alpha value is -4.14. The number of benzene rings is 3. The second-order valence-electron chi connectivity index (χ2n) is 9.30. The summed E-state index contributed by atoms with van der Waals surface area (Å²) in [6, 6.07) is 21.7. The second kappa shape index (κ2) is 10.6. The summed E-state index contributed by atoms with van der Waals surface area (Å²) in [5, 5.41) is 6.47. The number of amides is 1. The predicted molar refractivity (Wildman–Crippen MR) is 152 cm³/mol. The van der Waals surface area contributed by atoms with Gasteiger partial charge >= 0.3 is 6.09 Å². The van der Waals surface area contributed by atoms with Crippen LogP contribution in [0.5, 0.6) is 11.5 Å². The minimum absolute atomic E-state index is 0.388. The monoisotopic (exact) mass is 561 g/mol. The van der Waals surface area contributed by atoms with E-state index in [9.17, 15) is 4.79 Å². The maximum absolute atomic E-state index is 13.5. The van der Waals surface area contributed by atoms with Crippen LogP contribution in [0.4, 0.5) is 10.6 Å². The summed E-state index contributed by atoms with van der Waals surface area (Å²) >= 11 is 12.3. The van der Waals surface area contributed by atoms with Crippen molar-refractivity contribution in [1.29, 1.82) is 0 Å². The number of nitrogens with two attached hydrogens (primary N) is 1. The van der Waals surface area contributed by atoms with E-state index in [1.165, 1.54) is 0 Å². The molecule has 2 aromatic heterocycles. The van der Waals surface area contributed by atoms with E-state index >= 15 is 0 Å². The van der Waals surface area contributed by atoms with E-state index in [0.717, 1.165) is 27.7 Å². The Balaban J connectivity index is 1.28. The molecule has 0 aliphatic carbocycles. The highest BCUT2D eigenvalue weighted by Gasteiger charge is 2.35. The van der Waals surface area contributed by atoms with Gasteiger partial charge in [-0.1, -0.05) is 35.3 Å². The summed E-state index contributed by atoms with van der Waals surface area (Å²) in [6.07, 6.45) is 2.04. The largest absolute Gasteiger partial charge is 0.492 e. The molecule has 0 bridgehead atoms. The zero-order valence-corrected chi connectivity index (χ0v) is 22.3. The molecular formula is C29H25Cl2N5O3. The van der Waals surface area contributed by atoms with E-state index in [1.54, 1.807) is 39.9 Å². The van der Waals surface area contributed by atoms with Crippen molar-refractivity contribution in [2.75, 3.05) is 18.9 Å². The molecular weight excluding hydrogens is 537 g/mol. The minimum Gasteiger partial charge on any atom is -0.492 e.